The molecule has 0 aromatic carbocycles. The van der Waals surface area contributed by atoms with Crippen LogP contribution in [-0.4, -0.2) is 25.2 Å². The molecule has 4 nitrogen and oxygen atoms in total. The molecule has 0 atom stereocenters. The van der Waals surface area contributed by atoms with Crippen LogP contribution in [0.2, 0.25) is 0 Å². The van der Waals surface area contributed by atoms with Crippen LogP contribution < -0.4 is 0 Å². The van der Waals surface area contributed by atoms with E-state index >= 15 is 0 Å². The highest BCUT2D eigenvalue weighted by Gasteiger charge is 2.05. The molecule has 0 saturated carbocycles. The Morgan fingerprint density at radius 3 is 1.35 bits per heavy atom. The van der Waals surface area contributed by atoms with Gasteiger partial charge in [0.25, 0.3) is 0 Å². The smallest absolute Gasteiger partial charge is 0.305 e. The minimum atomic E-state index is -0.0839. The third-order valence-electron chi connectivity index (χ3n) is 3.68. The SMILES string of the molecule is CC(C)CCOC(=O)CCCCCCCC(=O)OCCC(C)C. The zero-order chi connectivity index (χ0) is 17.5. The quantitative estimate of drug-likeness (QED) is 0.336. The summed E-state index contributed by atoms with van der Waals surface area (Å²) in [5, 5.41) is 0. The van der Waals surface area contributed by atoms with Crippen LogP contribution in [0.4, 0.5) is 0 Å². The summed E-state index contributed by atoms with van der Waals surface area (Å²) in [4.78, 5) is 22.9. The fraction of sp³-hybridized carbons (Fsp3) is 0.895. The second kappa shape index (κ2) is 14.5. The van der Waals surface area contributed by atoms with Gasteiger partial charge in [0.1, 0.15) is 0 Å². The number of rotatable bonds is 14. The van der Waals surface area contributed by atoms with Crippen molar-refractivity contribution >= 4 is 11.9 Å². The summed E-state index contributed by atoms with van der Waals surface area (Å²) in [6.45, 7) is 9.55. The second-order valence-corrected chi connectivity index (χ2v) is 7.07. The van der Waals surface area contributed by atoms with Gasteiger partial charge in [0.15, 0.2) is 0 Å². The number of carbonyl (C=O) groups is 2. The Labute approximate surface area is 142 Å². The van der Waals surface area contributed by atoms with Crippen molar-refractivity contribution in [1.82, 2.24) is 0 Å². The standard InChI is InChI=1S/C19H36O4/c1-16(2)12-14-22-18(20)10-8-6-5-7-9-11-19(21)23-15-13-17(3)4/h16-17H,5-15H2,1-4H3. The molecule has 0 saturated heterocycles. The van der Waals surface area contributed by atoms with Crippen LogP contribution in [-0.2, 0) is 19.1 Å². The molecular formula is C19H36O4. The van der Waals surface area contributed by atoms with E-state index in [0.29, 0.717) is 37.9 Å². The first-order chi connectivity index (χ1) is 10.9. The fourth-order valence-corrected chi connectivity index (χ4v) is 2.03. The van der Waals surface area contributed by atoms with Crippen molar-refractivity contribution in [2.24, 2.45) is 11.8 Å². The van der Waals surface area contributed by atoms with Crippen molar-refractivity contribution in [2.75, 3.05) is 13.2 Å². The van der Waals surface area contributed by atoms with Gasteiger partial charge in [-0.3, -0.25) is 9.59 Å². The molecule has 4 heteroatoms. The predicted molar refractivity (Wildman–Crippen MR) is 93.1 cm³/mol. The molecule has 0 amide bonds. The zero-order valence-corrected chi connectivity index (χ0v) is 15.6. The van der Waals surface area contributed by atoms with Crippen LogP contribution in [0.15, 0.2) is 0 Å². The van der Waals surface area contributed by atoms with Gasteiger partial charge in [-0.15, -0.1) is 0 Å². The van der Waals surface area contributed by atoms with Crippen LogP contribution in [0, 0.1) is 11.8 Å². The summed E-state index contributed by atoms with van der Waals surface area (Å²) in [7, 11) is 0. The Kier molecular flexibility index (Phi) is 13.9. The maximum Gasteiger partial charge on any atom is 0.305 e. The summed E-state index contributed by atoms with van der Waals surface area (Å²) in [6, 6.07) is 0. The summed E-state index contributed by atoms with van der Waals surface area (Å²) in [5.41, 5.74) is 0. The monoisotopic (exact) mass is 328 g/mol. The van der Waals surface area contributed by atoms with Gasteiger partial charge < -0.3 is 9.47 Å². The molecule has 0 aromatic rings. The molecule has 0 bridgehead atoms. The molecule has 0 rings (SSSR count). The van der Waals surface area contributed by atoms with Gasteiger partial charge in [-0.1, -0.05) is 47.0 Å². The summed E-state index contributed by atoms with van der Waals surface area (Å²) >= 11 is 0. The van der Waals surface area contributed by atoms with Crippen molar-refractivity contribution in [2.45, 2.75) is 85.5 Å². The van der Waals surface area contributed by atoms with E-state index in [1.54, 1.807) is 0 Å². The Hall–Kier alpha value is -1.06. The fourth-order valence-electron chi connectivity index (χ4n) is 2.03. The van der Waals surface area contributed by atoms with E-state index in [1.165, 1.54) is 0 Å². The number of hydrogen-bond donors (Lipinski definition) is 0. The van der Waals surface area contributed by atoms with Crippen molar-refractivity contribution < 1.29 is 19.1 Å². The third-order valence-corrected chi connectivity index (χ3v) is 3.68. The molecule has 23 heavy (non-hydrogen) atoms. The Morgan fingerprint density at radius 2 is 1.00 bits per heavy atom. The number of esters is 2. The van der Waals surface area contributed by atoms with Gasteiger partial charge in [-0.25, -0.2) is 0 Å². The maximum atomic E-state index is 11.5. The van der Waals surface area contributed by atoms with E-state index in [0.717, 1.165) is 44.9 Å². The largest absolute Gasteiger partial charge is 0.466 e. The van der Waals surface area contributed by atoms with Gasteiger partial charge in [0.05, 0.1) is 13.2 Å². The van der Waals surface area contributed by atoms with Gasteiger partial charge >= 0.3 is 11.9 Å². The lowest BCUT2D eigenvalue weighted by Crippen LogP contribution is -2.07. The van der Waals surface area contributed by atoms with Crippen LogP contribution in [0.1, 0.15) is 85.5 Å². The molecule has 0 aliphatic heterocycles. The first kappa shape index (κ1) is 21.9. The average Bonchev–Trinajstić information content (AvgIpc) is 2.45. The molecule has 136 valence electrons. The minimum Gasteiger partial charge on any atom is -0.466 e. The number of ether oxygens (including phenoxy) is 2. The van der Waals surface area contributed by atoms with E-state index in [2.05, 4.69) is 27.7 Å². The number of carbonyl (C=O) groups excluding carboxylic acids is 2. The van der Waals surface area contributed by atoms with E-state index in [-0.39, 0.29) is 11.9 Å². The second-order valence-electron chi connectivity index (χ2n) is 7.07. The normalized spacial score (nSPS) is 11.0. The Bertz CT molecular complexity index is 280. The molecule has 0 fully saturated rings. The topological polar surface area (TPSA) is 52.6 Å². The van der Waals surface area contributed by atoms with E-state index in [1.807, 2.05) is 0 Å². The van der Waals surface area contributed by atoms with Gasteiger partial charge in [-0.05, 0) is 37.5 Å². The molecular weight excluding hydrogens is 292 g/mol. The van der Waals surface area contributed by atoms with E-state index in [4.69, 9.17) is 9.47 Å². The third kappa shape index (κ3) is 17.1. The lowest BCUT2D eigenvalue weighted by molar-refractivity contribution is -0.144. The molecule has 0 unspecified atom stereocenters. The predicted octanol–water partition coefficient (Wildman–Crippen LogP) is 4.90. The van der Waals surface area contributed by atoms with Crippen LogP contribution in [0.3, 0.4) is 0 Å². The van der Waals surface area contributed by atoms with Crippen molar-refractivity contribution in [3.8, 4) is 0 Å². The summed E-state index contributed by atoms with van der Waals surface area (Å²) < 4.78 is 10.3. The highest BCUT2D eigenvalue weighted by atomic mass is 16.5. The number of hydrogen-bond acceptors (Lipinski definition) is 4. The van der Waals surface area contributed by atoms with Gasteiger partial charge in [0.2, 0.25) is 0 Å². The molecule has 0 radical (unpaired) electrons. The van der Waals surface area contributed by atoms with Gasteiger partial charge in [-0.2, -0.15) is 0 Å². The highest BCUT2D eigenvalue weighted by Crippen LogP contribution is 2.09. The Balaban J connectivity index is 3.32. The first-order valence-corrected chi connectivity index (χ1v) is 9.23. The average molecular weight is 328 g/mol. The first-order valence-electron chi connectivity index (χ1n) is 9.23. The summed E-state index contributed by atoms with van der Waals surface area (Å²) in [6.07, 6.45) is 7.71. The zero-order valence-electron chi connectivity index (χ0n) is 15.6. The van der Waals surface area contributed by atoms with Crippen LogP contribution in [0.5, 0.6) is 0 Å². The number of unbranched alkanes of at least 4 members (excludes halogenated alkanes) is 4. The molecule has 0 heterocycles. The van der Waals surface area contributed by atoms with Crippen molar-refractivity contribution in [3.63, 3.8) is 0 Å². The van der Waals surface area contributed by atoms with Crippen molar-refractivity contribution in [1.29, 1.82) is 0 Å². The van der Waals surface area contributed by atoms with Crippen molar-refractivity contribution in [3.05, 3.63) is 0 Å². The molecule has 0 aliphatic carbocycles. The summed E-state index contributed by atoms with van der Waals surface area (Å²) in [5.74, 6) is 0.971. The van der Waals surface area contributed by atoms with E-state index in [9.17, 15) is 9.59 Å². The van der Waals surface area contributed by atoms with Crippen LogP contribution >= 0.6 is 0 Å². The lowest BCUT2D eigenvalue weighted by Gasteiger charge is -2.07. The van der Waals surface area contributed by atoms with E-state index < -0.39 is 0 Å². The lowest BCUT2D eigenvalue weighted by atomic mass is 10.1. The Morgan fingerprint density at radius 1 is 0.652 bits per heavy atom. The molecule has 0 spiro atoms. The molecule has 0 N–H and O–H groups in total. The van der Waals surface area contributed by atoms with Gasteiger partial charge in [0, 0.05) is 12.8 Å². The minimum absolute atomic E-state index is 0.0839. The molecule has 0 aliphatic rings. The highest BCUT2D eigenvalue weighted by molar-refractivity contribution is 5.69. The maximum absolute atomic E-state index is 11.5. The van der Waals surface area contributed by atoms with Crippen LogP contribution in [0.25, 0.3) is 0 Å². The molecule has 0 aromatic heterocycles.